The third-order valence-corrected chi connectivity index (χ3v) is 6.59. The smallest absolute Gasteiger partial charge is 0.236 e. The zero-order valence-electron chi connectivity index (χ0n) is 14.9. The Hall–Kier alpha value is -1.91. The number of Topliss-reactive ketones (excluding diaryl/α,β-unsaturated/α-hetero) is 1. The van der Waals surface area contributed by atoms with Crippen LogP contribution >= 0.6 is 27.5 Å². The van der Waals surface area contributed by atoms with Gasteiger partial charge in [0.05, 0.1) is 5.41 Å². The molecule has 4 rings (SSSR count). The first-order valence-corrected chi connectivity index (χ1v) is 10.0. The number of hydrogen-bond acceptors (Lipinski definition) is 2. The second-order valence-electron chi connectivity index (χ2n) is 7.47. The minimum atomic E-state index is -0.861. The quantitative estimate of drug-likeness (QED) is 0.610. The summed E-state index contributed by atoms with van der Waals surface area (Å²) in [5, 5.41) is 3.66. The van der Waals surface area contributed by atoms with E-state index in [1.165, 1.54) is 0 Å². The first kappa shape index (κ1) is 18.5. The van der Waals surface area contributed by atoms with Gasteiger partial charge < -0.3 is 5.32 Å². The molecule has 0 radical (unpaired) electrons. The molecule has 1 spiro atoms. The molecule has 1 aliphatic heterocycles. The molecule has 1 amide bonds. The van der Waals surface area contributed by atoms with Crippen LogP contribution in [0.4, 0.5) is 5.69 Å². The Kier molecular flexibility index (Phi) is 4.52. The minimum Gasteiger partial charge on any atom is -0.325 e. The number of ketones is 1. The number of benzene rings is 2. The molecule has 2 aliphatic rings. The second-order valence-corrected chi connectivity index (χ2v) is 8.82. The highest BCUT2D eigenvalue weighted by molar-refractivity contribution is 9.10. The number of carbonyl (C=O) groups is 2. The number of anilines is 1. The van der Waals surface area contributed by atoms with Crippen molar-refractivity contribution in [2.24, 2.45) is 5.92 Å². The summed E-state index contributed by atoms with van der Waals surface area (Å²) in [7, 11) is 0. The molecule has 0 saturated heterocycles. The van der Waals surface area contributed by atoms with Crippen LogP contribution < -0.4 is 5.32 Å². The zero-order chi connectivity index (χ0) is 19.3. The molecule has 1 aliphatic carbocycles. The molecule has 2 aromatic rings. The lowest BCUT2D eigenvalue weighted by molar-refractivity contribution is -0.130. The summed E-state index contributed by atoms with van der Waals surface area (Å²) in [6.45, 7) is 6.04. The summed E-state index contributed by atoms with van der Waals surface area (Å²) in [6.07, 6.45) is 0.641. The van der Waals surface area contributed by atoms with Gasteiger partial charge in [-0.2, -0.15) is 0 Å². The number of carbonyl (C=O) groups excluding carboxylic acids is 2. The van der Waals surface area contributed by atoms with Gasteiger partial charge in [0.15, 0.2) is 0 Å². The van der Waals surface area contributed by atoms with Crippen molar-refractivity contribution in [3.63, 3.8) is 0 Å². The van der Waals surface area contributed by atoms with Gasteiger partial charge in [0.2, 0.25) is 5.91 Å². The molecule has 2 aromatic carbocycles. The average Bonchev–Trinajstić information content (AvgIpc) is 2.88. The lowest BCUT2D eigenvalue weighted by Crippen LogP contribution is -2.51. The fourth-order valence-corrected chi connectivity index (χ4v) is 5.35. The Morgan fingerprint density at radius 2 is 2.00 bits per heavy atom. The van der Waals surface area contributed by atoms with Gasteiger partial charge in [-0.25, -0.2) is 0 Å². The van der Waals surface area contributed by atoms with Gasteiger partial charge in [0.25, 0.3) is 0 Å². The SMILES string of the molecule is C=C(C)[C@H]1CC(=O)C[C@@H](c2cccc(Cl)c2)[C@]12C(=O)Nc1cc(Br)ccc12. The van der Waals surface area contributed by atoms with Crippen molar-refractivity contribution in [1.82, 2.24) is 0 Å². The predicted molar refractivity (Wildman–Crippen MR) is 111 cm³/mol. The fourth-order valence-electron chi connectivity index (χ4n) is 4.79. The summed E-state index contributed by atoms with van der Waals surface area (Å²) in [5.74, 6) is -0.468. The molecule has 1 saturated carbocycles. The van der Waals surface area contributed by atoms with Gasteiger partial charge in [-0.15, -0.1) is 0 Å². The number of hydrogen-bond donors (Lipinski definition) is 1. The normalized spacial score (nSPS) is 26.8. The number of rotatable bonds is 2. The Morgan fingerprint density at radius 3 is 2.70 bits per heavy atom. The molecular weight excluding hydrogens is 426 g/mol. The number of amides is 1. The highest BCUT2D eigenvalue weighted by Gasteiger charge is 2.60. The maximum Gasteiger partial charge on any atom is 0.236 e. The van der Waals surface area contributed by atoms with E-state index in [2.05, 4.69) is 27.8 Å². The van der Waals surface area contributed by atoms with Gasteiger partial charge in [-0.1, -0.05) is 57.9 Å². The number of halogens is 2. The third-order valence-electron chi connectivity index (χ3n) is 5.86. The molecular formula is C22H19BrClNO2. The molecule has 1 N–H and O–H groups in total. The van der Waals surface area contributed by atoms with Gasteiger partial charge in [0, 0.05) is 39.9 Å². The average molecular weight is 445 g/mol. The van der Waals surface area contributed by atoms with Gasteiger partial charge in [0.1, 0.15) is 5.78 Å². The van der Waals surface area contributed by atoms with E-state index in [0.29, 0.717) is 17.9 Å². The fraction of sp³-hybridized carbons (Fsp3) is 0.273. The molecule has 138 valence electrons. The summed E-state index contributed by atoms with van der Waals surface area (Å²) >= 11 is 9.72. The minimum absolute atomic E-state index is 0.0684. The van der Waals surface area contributed by atoms with Crippen LogP contribution in [-0.4, -0.2) is 11.7 Å². The van der Waals surface area contributed by atoms with Crippen LogP contribution in [0, 0.1) is 5.92 Å². The van der Waals surface area contributed by atoms with Crippen LogP contribution in [0.15, 0.2) is 59.1 Å². The predicted octanol–water partition coefficient (Wildman–Crippen LogP) is 5.63. The number of nitrogens with one attached hydrogen (secondary N) is 1. The Bertz CT molecular complexity index is 986. The molecule has 3 nitrogen and oxygen atoms in total. The molecule has 5 heteroatoms. The largest absolute Gasteiger partial charge is 0.325 e. The molecule has 0 bridgehead atoms. The maximum absolute atomic E-state index is 13.5. The highest BCUT2D eigenvalue weighted by atomic mass is 79.9. The molecule has 1 heterocycles. The van der Waals surface area contributed by atoms with Crippen molar-refractivity contribution >= 4 is 44.9 Å². The van der Waals surface area contributed by atoms with Crippen molar-refractivity contribution in [1.29, 1.82) is 0 Å². The Labute approximate surface area is 171 Å². The van der Waals surface area contributed by atoms with Gasteiger partial charge in [-0.3, -0.25) is 9.59 Å². The van der Waals surface area contributed by atoms with Crippen LogP contribution in [-0.2, 0) is 15.0 Å². The van der Waals surface area contributed by atoms with E-state index >= 15 is 0 Å². The van der Waals surface area contributed by atoms with Crippen LogP contribution in [0.25, 0.3) is 0 Å². The van der Waals surface area contributed by atoms with Crippen LogP contribution in [0.2, 0.25) is 5.02 Å². The summed E-state index contributed by atoms with van der Waals surface area (Å²) in [5.41, 5.74) is 2.62. The van der Waals surface area contributed by atoms with E-state index in [-0.39, 0.29) is 23.5 Å². The first-order valence-electron chi connectivity index (χ1n) is 8.88. The van der Waals surface area contributed by atoms with E-state index in [9.17, 15) is 9.59 Å². The maximum atomic E-state index is 13.5. The van der Waals surface area contributed by atoms with Crippen LogP contribution in [0.3, 0.4) is 0 Å². The monoisotopic (exact) mass is 443 g/mol. The van der Waals surface area contributed by atoms with Crippen molar-refractivity contribution in [2.75, 3.05) is 5.32 Å². The summed E-state index contributed by atoms with van der Waals surface area (Å²) in [4.78, 5) is 26.1. The van der Waals surface area contributed by atoms with Crippen LogP contribution in [0.1, 0.15) is 36.8 Å². The van der Waals surface area contributed by atoms with E-state index in [1.807, 2.05) is 43.3 Å². The Morgan fingerprint density at radius 1 is 1.22 bits per heavy atom. The summed E-state index contributed by atoms with van der Waals surface area (Å²) in [6, 6.07) is 13.3. The van der Waals surface area contributed by atoms with Crippen molar-refractivity contribution in [3.05, 3.63) is 75.2 Å². The van der Waals surface area contributed by atoms with Crippen LogP contribution in [0.5, 0.6) is 0 Å². The van der Waals surface area contributed by atoms with Crippen molar-refractivity contribution in [3.8, 4) is 0 Å². The van der Waals surface area contributed by atoms with Crippen molar-refractivity contribution in [2.45, 2.75) is 31.1 Å². The van der Waals surface area contributed by atoms with E-state index in [4.69, 9.17) is 11.6 Å². The molecule has 1 fully saturated rings. The standard InChI is InChI=1S/C22H19BrClNO2/c1-12(2)18-10-16(26)11-19(13-4-3-5-15(24)8-13)22(18)17-7-6-14(23)9-20(17)25-21(22)27/h3-9,18-19H,1,10-11H2,2H3,(H,25,27)/t18-,19+,22-/m1/s1. The highest BCUT2D eigenvalue weighted by Crippen LogP contribution is 2.58. The zero-order valence-corrected chi connectivity index (χ0v) is 17.2. The lowest BCUT2D eigenvalue weighted by atomic mass is 9.54. The van der Waals surface area contributed by atoms with E-state index in [1.54, 1.807) is 6.07 Å². The van der Waals surface area contributed by atoms with Gasteiger partial charge >= 0.3 is 0 Å². The molecule has 27 heavy (non-hydrogen) atoms. The Balaban J connectivity index is 2.01. The summed E-state index contributed by atoms with van der Waals surface area (Å²) < 4.78 is 0.900. The number of fused-ring (bicyclic) bond motifs is 2. The molecule has 0 unspecified atom stereocenters. The first-order chi connectivity index (χ1) is 12.8. The molecule has 3 atom stereocenters. The second kappa shape index (κ2) is 6.61. The van der Waals surface area contributed by atoms with Gasteiger partial charge in [-0.05, 0) is 42.3 Å². The topological polar surface area (TPSA) is 46.2 Å². The lowest BCUT2D eigenvalue weighted by Gasteiger charge is -2.46. The van der Waals surface area contributed by atoms with E-state index < -0.39 is 5.41 Å². The van der Waals surface area contributed by atoms with Crippen molar-refractivity contribution < 1.29 is 9.59 Å². The molecule has 0 aromatic heterocycles. The number of allylic oxidation sites excluding steroid dienone is 1. The third kappa shape index (κ3) is 2.77. The van der Waals surface area contributed by atoms with E-state index in [0.717, 1.165) is 26.9 Å².